The van der Waals surface area contributed by atoms with Gasteiger partial charge in [-0.25, -0.2) is 4.79 Å². The van der Waals surface area contributed by atoms with Crippen molar-refractivity contribution in [2.45, 2.75) is 0 Å². The Kier molecular flexibility index (Phi) is 3.93. The molecule has 0 saturated carbocycles. The number of nitrogens with two attached hydrogens (primary N) is 1. The number of carbonyl (C=O) groups is 2. The third-order valence-corrected chi connectivity index (χ3v) is 2.66. The second-order valence-corrected chi connectivity index (χ2v) is 3.60. The maximum Gasteiger partial charge on any atom is 0.341 e. The summed E-state index contributed by atoms with van der Waals surface area (Å²) in [5, 5.41) is 8.90. The number of halogens is 2. The first-order valence-electron chi connectivity index (χ1n) is 4.13. The van der Waals surface area contributed by atoms with Crippen LogP contribution in [0.25, 0.3) is 0 Å². The third kappa shape index (κ3) is 2.35. The minimum atomic E-state index is -1.41. The predicted molar refractivity (Wildman–Crippen MR) is 60.7 cm³/mol. The molecule has 0 spiro atoms. The number of hydrogen-bond donors (Lipinski definition) is 2. The van der Waals surface area contributed by atoms with Gasteiger partial charge in [-0.05, 0) is 12.1 Å². The molecule has 0 aliphatic heterocycles. The number of carboxylic acid groups (broad SMARTS) is 1. The highest BCUT2D eigenvalue weighted by atomic mass is 35.5. The summed E-state index contributed by atoms with van der Waals surface area (Å²) >= 11 is 11.5. The summed E-state index contributed by atoms with van der Waals surface area (Å²) in [6, 6.07) is 4.37. The van der Waals surface area contributed by atoms with Crippen LogP contribution in [-0.2, 0) is 4.79 Å². The second kappa shape index (κ2) is 5.01. The lowest BCUT2D eigenvalue weighted by Gasteiger charge is -2.04. The molecule has 0 aliphatic carbocycles. The number of hydrogen-bond acceptors (Lipinski definition) is 3. The lowest BCUT2D eigenvalue weighted by molar-refractivity contribution is -0.132. The standard InChI is InChI=1S/C10H7Cl2NO3/c11-7-3-1-2-5(8(7)12)9(14)6(4-13)10(15)16/h1-4H,13H2,(H,15,16). The SMILES string of the molecule is NC=C(C(=O)O)C(=O)c1cccc(Cl)c1Cl. The summed E-state index contributed by atoms with van der Waals surface area (Å²) in [4.78, 5) is 22.4. The zero-order valence-corrected chi connectivity index (χ0v) is 9.42. The number of rotatable bonds is 3. The summed E-state index contributed by atoms with van der Waals surface area (Å²) in [7, 11) is 0. The van der Waals surface area contributed by atoms with Gasteiger partial charge in [-0.2, -0.15) is 0 Å². The van der Waals surface area contributed by atoms with Crippen LogP contribution >= 0.6 is 23.2 Å². The Bertz CT molecular complexity index is 483. The van der Waals surface area contributed by atoms with Gasteiger partial charge >= 0.3 is 5.97 Å². The van der Waals surface area contributed by atoms with Gasteiger partial charge in [0.15, 0.2) is 0 Å². The van der Waals surface area contributed by atoms with Crippen LogP contribution < -0.4 is 5.73 Å². The summed E-state index contributed by atoms with van der Waals surface area (Å²) in [5.41, 5.74) is 4.52. The normalized spacial score (nSPS) is 11.2. The zero-order valence-electron chi connectivity index (χ0n) is 7.91. The molecule has 1 aromatic rings. The first kappa shape index (κ1) is 12.5. The van der Waals surface area contributed by atoms with E-state index in [1.807, 2.05) is 0 Å². The lowest BCUT2D eigenvalue weighted by atomic mass is 10.0. The molecule has 1 aromatic carbocycles. The van der Waals surface area contributed by atoms with Gasteiger partial charge in [0.05, 0.1) is 10.0 Å². The van der Waals surface area contributed by atoms with Gasteiger partial charge in [-0.3, -0.25) is 4.79 Å². The molecule has 0 atom stereocenters. The maximum absolute atomic E-state index is 11.7. The first-order chi connectivity index (χ1) is 7.49. The maximum atomic E-state index is 11.7. The molecule has 16 heavy (non-hydrogen) atoms. The van der Waals surface area contributed by atoms with Gasteiger partial charge < -0.3 is 10.8 Å². The van der Waals surface area contributed by atoms with E-state index < -0.39 is 17.3 Å². The minimum absolute atomic E-state index is 0.00765. The summed E-state index contributed by atoms with van der Waals surface area (Å²) in [6.07, 6.45) is 0.724. The van der Waals surface area contributed by atoms with Gasteiger partial charge in [-0.1, -0.05) is 29.3 Å². The molecule has 84 valence electrons. The molecule has 0 heterocycles. The molecule has 0 bridgehead atoms. The molecule has 0 amide bonds. The monoisotopic (exact) mass is 259 g/mol. The van der Waals surface area contributed by atoms with Crippen LogP contribution in [0.1, 0.15) is 10.4 Å². The molecule has 0 radical (unpaired) electrons. The molecule has 0 unspecified atom stereocenters. The van der Waals surface area contributed by atoms with Crippen molar-refractivity contribution >= 4 is 35.0 Å². The highest BCUT2D eigenvalue weighted by molar-refractivity contribution is 6.45. The highest BCUT2D eigenvalue weighted by Crippen LogP contribution is 2.27. The van der Waals surface area contributed by atoms with Gasteiger partial charge in [0.2, 0.25) is 5.78 Å². The van der Waals surface area contributed by atoms with Gasteiger partial charge in [0.25, 0.3) is 0 Å². The Balaban J connectivity index is 3.25. The molecule has 0 aromatic heterocycles. The van der Waals surface area contributed by atoms with Crippen molar-refractivity contribution in [2.75, 3.05) is 0 Å². The number of aliphatic carboxylic acids is 1. The van der Waals surface area contributed by atoms with Gasteiger partial charge in [0, 0.05) is 11.8 Å². The molecular formula is C10H7Cl2NO3. The Morgan fingerprint density at radius 1 is 1.31 bits per heavy atom. The summed E-state index contributed by atoms with van der Waals surface area (Å²) in [6.45, 7) is 0. The van der Waals surface area contributed by atoms with Crippen LogP contribution in [0.2, 0.25) is 10.0 Å². The van der Waals surface area contributed by atoms with Crippen LogP contribution in [0.4, 0.5) is 0 Å². The Labute approximate surface area is 101 Å². The lowest BCUT2D eigenvalue weighted by Crippen LogP contribution is -2.14. The molecular weight excluding hydrogens is 253 g/mol. The van der Waals surface area contributed by atoms with Crippen LogP contribution in [0.5, 0.6) is 0 Å². The fraction of sp³-hybridized carbons (Fsp3) is 0. The van der Waals surface area contributed by atoms with Crippen LogP contribution in [-0.4, -0.2) is 16.9 Å². The molecule has 6 heteroatoms. The smallest absolute Gasteiger partial charge is 0.341 e. The van der Waals surface area contributed by atoms with Crippen LogP contribution in [0.3, 0.4) is 0 Å². The van der Waals surface area contributed by atoms with Crippen molar-refractivity contribution < 1.29 is 14.7 Å². The van der Waals surface area contributed by atoms with Crippen molar-refractivity contribution in [3.63, 3.8) is 0 Å². The Morgan fingerprint density at radius 2 is 1.94 bits per heavy atom. The summed E-state index contributed by atoms with van der Waals surface area (Å²) in [5.74, 6) is -2.19. The molecule has 0 saturated heterocycles. The molecule has 0 fully saturated rings. The molecule has 4 nitrogen and oxygen atoms in total. The molecule has 3 N–H and O–H groups in total. The second-order valence-electron chi connectivity index (χ2n) is 2.82. The van der Waals surface area contributed by atoms with E-state index in [9.17, 15) is 9.59 Å². The third-order valence-electron chi connectivity index (χ3n) is 1.84. The number of ketones is 1. The first-order valence-corrected chi connectivity index (χ1v) is 4.88. The van der Waals surface area contributed by atoms with E-state index in [1.54, 1.807) is 0 Å². The van der Waals surface area contributed by atoms with Crippen LogP contribution in [0.15, 0.2) is 30.0 Å². The van der Waals surface area contributed by atoms with E-state index >= 15 is 0 Å². The van der Waals surface area contributed by atoms with Crippen molar-refractivity contribution in [1.82, 2.24) is 0 Å². The van der Waals surface area contributed by atoms with E-state index in [4.69, 9.17) is 34.0 Å². The molecule has 1 rings (SSSR count). The minimum Gasteiger partial charge on any atom is -0.477 e. The predicted octanol–water partition coefficient (Wildman–Crippen LogP) is 2.10. The van der Waals surface area contributed by atoms with Crippen molar-refractivity contribution in [2.24, 2.45) is 5.73 Å². The average Bonchev–Trinajstić information content (AvgIpc) is 2.22. The topological polar surface area (TPSA) is 80.4 Å². The zero-order chi connectivity index (χ0) is 12.3. The van der Waals surface area contributed by atoms with Gasteiger partial charge in [-0.15, -0.1) is 0 Å². The quantitative estimate of drug-likeness (QED) is 0.377. The van der Waals surface area contributed by atoms with Gasteiger partial charge in [0.1, 0.15) is 5.57 Å². The van der Waals surface area contributed by atoms with E-state index in [0.29, 0.717) is 0 Å². The van der Waals surface area contributed by atoms with Crippen molar-refractivity contribution in [3.8, 4) is 0 Å². The fourth-order valence-electron chi connectivity index (χ4n) is 1.07. The number of benzene rings is 1. The Morgan fingerprint density at radius 3 is 2.44 bits per heavy atom. The highest BCUT2D eigenvalue weighted by Gasteiger charge is 2.21. The number of carbonyl (C=O) groups excluding carboxylic acids is 1. The van der Waals surface area contributed by atoms with E-state index in [1.165, 1.54) is 18.2 Å². The summed E-state index contributed by atoms with van der Waals surface area (Å²) < 4.78 is 0. The Hall–Kier alpha value is -1.52. The van der Waals surface area contributed by atoms with E-state index in [2.05, 4.69) is 0 Å². The number of Topliss-reactive ketones (excluding diaryl/α,β-unsaturated/α-hetero) is 1. The average molecular weight is 260 g/mol. The fourth-order valence-corrected chi connectivity index (χ4v) is 1.45. The number of carboxylic acids is 1. The molecule has 0 aliphatic rings. The van der Waals surface area contributed by atoms with E-state index in [0.717, 1.165) is 6.20 Å². The van der Waals surface area contributed by atoms with Crippen molar-refractivity contribution in [3.05, 3.63) is 45.6 Å². The largest absolute Gasteiger partial charge is 0.477 e. The van der Waals surface area contributed by atoms with E-state index in [-0.39, 0.29) is 15.6 Å². The van der Waals surface area contributed by atoms with Crippen molar-refractivity contribution in [1.29, 1.82) is 0 Å². The van der Waals surface area contributed by atoms with Crippen LogP contribution in [0, 0.1) is 0 Å².